The Morgan fingerprint density at radius 3 is 2.78 bits per heavy atom. The summed E-state index contributed by atoms with van der Waals surface area (Å²) in [5, 5.41) is 0. The summed E-state index contributed by atoms with van der Waals surface area (Å²) in [6.07, 6.45) is 2.68. The molecule has 1 aliphatic rings. The molecule has 0 bridgehead atoms. The highest BCUT2D eigenvalue weighted by atomic mass is 16.1. The molecule has 1 aromatic carbocycles. The fraction of sp³-hybridized carbons (Fsp3) is 0.222. The van der Waals surface area contributed by atoms with Gasteiger partial charge in [-0.25, -0.2) is 4.98 Å². The van der Waals surface area contributed by atoms with E-state index in [2.05, 4.69) is 20.9 Å². The summed E-state index contributed by atoms with van der Waals surface area (Å²) >= 11 is 0. The maximum absolute atomic E-state index is 12.4. The van der Waals surface area contributed by atoms with Gasteiger partial charge in [-0.05, 0) is 18.6 Å². The lowest BCUT2D eigenvalue weighted by Crippen LogP contribution is -2.35. The van der Waals surface area contributed by atoms with E-state index < -0.39 is 0 Å². The number of nitrogens with one attached hydrogen (secondary N) is 2. The SMILES string of the molecule is O=c1[nH]c(-c2ccccc2)nc2c1CCN(Cc1ccc[nH]1)C2. The summed E-state index contributed by atoms with van der Waals surface area (Å²) in [5.74, 6) is 0.649. The maximum Gasteiger partial charge on any atom is 0.254 e. The van der Waals surface area contributed by atoms with Gasteiger partial charge < -0.3 is 9.97 Å². The molecule has 0 radical (unpaired) electrons. The molecule has 23 heavy (non-hydrogen) atoms. The first kappa shape index (κ1) is 14.0. The zero-order valence-corrected chi connectivity index (χ0v) is 12.7. The van der Waals surface area contributed by atoms with Crippen LogP contribution in [0.25, 0.3) is 11.4 Å². The Kier molecular flexibility index (Phi) is 3.55. The molecule has 116 valence electrons. The van der Waals surface area contributed by atoms with Crippen molar-refractivity contribution in [3.8, 4) is 11.4 Å². The number of nitrogens with zero attached hydrogens (tertiary/aromatic N) is 2. The van der Waals surface area contributed by atoms with Crippen molar-refractivity contribution in [1.29, 1.82) is 0 Å². The molecule has 0 saturated heterocycles. The molecule has 5 nitrogen and oxygen atoms in total. The van der Waals surface area contributed by atoms with Crippen LogP contribution < -0.4 is 5.56 Å². The number of hydrogen-bond acceptors (Lipinski definition) is 3. The van der Waals surface area contributed by atoms with Crippen LogP contribution in [-0.2, 0) is 19.5 Å². The van der Waals surface area contributed by atoms with Crippen molar-refractivity contribution in [2.45, 2.75) is 19.5 Å². The molecule has 0 spiro atoms. The van der Waals surface area contributed by atoms with Crippen molar-refractivity contribution in [1.82, 2.24) is 19.9 Å². The maximum atomic E-state index is 12.4. The Labute approximate surface area is 134 Å². The molecule has 3 heterocycles. The topological polar surface area (TPSA) is 64.8 Å². The van der Waals surface area contributed by atoms with E-state index in [9.17, 15) is 4.79 Å². The zero-order chi connectivity index (χ0) is 15.6. The van der Waals surface area contributed by atoms with Crippen molar-refractivity contribution >= 4 is 0 Å². The fourth-order valence-electron chi connectivity index (χ4n) is 3.07. The number of aromatic nitrogens is 3. The Hall–Kier alpha value is -2.66. The van der Waals surface area contributed by atoms with Crippen LogP contribution in [0.3, 0.4) is 0 Å². The van der Waals surface area contributed by atoms with Gasteiger partial charge in [-0.1, -0.05) is 30.3 Å². The molecular weight excluding hydrogens is 288 g/mol. The monoisotopic (exact) mass is 306 g/mol. The molecule has 0 aliphatic carbocycles. The summed E-state index contributed by atoms with van der Waals surface area (Å²) < 4.78 is 0. The van der Waals surface area contributed by atoms with Gasteiger partial charge in [0, 0.05) is 42.7 Å². The lowest BCUT2D eigenvalue weighted by molar-refractivity contribution is 0.238. The lowest BCUT2D eigenvalue weighted by atomic mass is 10.1. The first-order valence-electron chi connectivity index (χ1n) is 7.82. The van der Waals surface area contributed by atoms with Crippen LogP contribution in [0.5, 0.6) is 0 Å². The van der Waals surface area contributed by atoms with E-state index in [4.69, 9.17) is 4.98 Å². The molecule has 0 amide bonds. The van der Waals surface area contributed by atoms with Crippen LogP contribution in [-0.4, -0.2) is 26.4 Å². The summed E-state index contributed by atoms with van der Waals surface area (Å²) in [6.45, 7) is 2.43. The highest BCUT2D eigenvalue weighted by Crippen LogP contribution is 2.19. The normalized spacial score (nSPS) is 14.6. The van der Waals surface area contributed by atoms with E-state index in [-0.39, 0.29) is 5.56 Å². The van der Waals surface area contributed by atoms with E-state index in [1.165, 1.54) is 5.69 Å². The predicted molar refractivity (Wildman–Crippen MR) is 88.9 cm³/mol. The second-order valence-electron chi connectivity index (χ2n) is 5.86. The number of benzene rings is 1. The van der Waals surface area contributed by atoms with Gasteiger partial charge in [-0.3, -0.25) is 9.69 Å². The molecule has 4 rings (SSSR count). The molecule has 3 aromatic rings. The number of H-pyrrole nitrogens is 2. The minimum absolute atomic E-state index is 0.00613. The largest absolute Gasteiger partial charge is 0.364 e. The first-order valence-corrected chi connectivity index (χ1v) is 7.82. The molecule has 2 aromatic heterocycles. The van der Waals surface area contributed by atoms with Crippen molar-refractivity contribution in [2.75, 3.05) is 6.54 Å². The Morgan fingerprint density at radius 1 is 1.13 bits per heavy atom. The number of fused-ring (bicyclic) bond motifs is 1. The molecule has 0 unspecified atom stereocenters. The highest BCUT2D eigenvalue weighted by Gasteiger charge is 2.21. The lowest BCUT2D eigenvalue weighted by Gasteiger charge is -2.27. The van der Waals surface area contributed by atoms with Crippen LogP contribution in [0.4, 0.5) is 0 Å². The molecule has 0 atom stereocenters. The minimum Gasteiger partial charge on any atom is -0.364 e. The van der Waals surface area contributed by atoms with Gasteiger partial charge in [0.2, 0.25) is 0 Å². The van der Waals surface area contributed by atoms with Crippen molar-refractivity contribution < 1.29 is 0 Å². The molecule has 5 heteroatoms. The fourth-order valence-corrected chi connectivity index (χ4v) is 3.07. The Morgan fingerprint density at radius 2 is 2.00 bits per heavy atom. The van der Waals surface area contributed by atoms with Gasteiger partial charge in [0.15, 0.2) is 0 Å². The van der Waals surface area contributed by atoms with Crippen LogP contribution >= 0.6 is 0 Å². The first-order chi connectivity index (χ1) is 11.3. The Bertz CT molecular complexity index is 852. The summed E-state index contributed by atoms with van der Waals surface area (Å²) in [7, 11) is 0. The smallest absolute Gasteiger partial charge is 0.254 e. The zero-order valence-electron chi connectivity index (χ0n) is 12.7. The van der Waals surface area contributed by atoms with Crippen molar-refractivity contribution in [3.05, 3.63) is 76.0 Å². The van der Waals surface area contributed by atoms with Crippen molar-refractivity contribution in [2.24, 2.45) is 0 Å². The van der Waals surface area contributed by atoms with Crippen LogP contribution in [0.15, 0.2) is 53.5 Å². The second-order valence-corrected chi connectivity index (χ2v) is 5.86. The van der Waals surface area contributed by atoms with Gasteiger partial charge in [-0.2, -0.15) is 0 Å². The highest BCUT2D eigenvalue weighted by molar-refractivity contribution is 5.54. The van der Waals surface area contributed by atoms with E-state index in [0.717, 1.165) is 36.3 Å². The standard InChI is InChI=1S/C18H18N4O/c23-18-15-8-10-22(11-14-7-4-9-19-14)12-16(15)20-17(21-18)13-5-2-1-3-6-13/h1-7,9,19H,8,10-12H2,(H,20,21,23). The second kappa shape index (κ2) is 5.85. The number of aromatic amines is 2. The minimum atomic E-state index is -0.00613. The molecule has 1 aliphatic heterocycles. The number of hydrogen-bond donors (Lipinski definition) is 2. The molecule has 2 N–H and O–H groups in total. The summed E-state index contributed by atoms with van der Waals surface area (Å²) in [6, 6.07) is 13.9. The molecular formula is C18H18N4O. The van der Waals surface area contributed by atoms with Crippen molar-refractivity contribution in [3.63, 3.8) is 0 Å². The number of rotatable bonds is 3. The van der Waals surface area contributed by atoms with E-state index in [1.54, 1.807) is 0 Å². The van der Waals surface area contributed by atoms with E-state index >= 15 is 0 Å². The Balaban J connectivity index is 1.64. The van der Waals surface area contributed by atoms with Crippen LogP contribution in [0.2, 0.25) is 0 Å². The van der Waals surface area contributed by atoms with E-state index in [1.807, 2.05) is 42.6 Å². The average molecular weight is 306 g/mol. The third-order valence-electron chi connectivity index (χ3n) is 4.26. The van der Waals surface area contributed by atoms with Gasteiger partial charge in [-0.15, -0.1) is 0 Å². The van der Waals surface area contributed by atoms with Gasteiger partial charge in [0.25, 0.3) is 5.56 Å². The van der Waals surface area contributed by atoms with Crippen LogP contribution in [0, 0.1) is 0 Å². The van der Waals surface area contributed by atoms with Crippen LogP contribution in [0.1, 0.15) is 17.0 Å². The summed E-state index contributed by atoms with van der Waals surface area (Å²) in [4.78, 5) is 25.5. The third-order valence-corrected chi connectivity index (χ3v) is 4.26. The average Bonchev–Trinajstić information content (AvgIpc) is 3.08. The van der Waals surface area contributed by atoms with Gasteiger partial charge in [0.05, 0.1) is 5.69 Å². The summed E-state index contributed by atoms with van der Waals surface area (Å²) in [5.41, 5.74) is 3.83. The molecule has 0 fully saturated rings. The van der Waals surface area contributed by atoms with Gasteiger partial charge in [0.1, 0.15) is 5.82 Å². The quantitative estimate of drug-likeness (QED) is 0.780. The molecule has 0 saturated carbocycles. The third kappa shape index (κ3) is 2.83. The van der Waals surface area contributed by atoms with E-state index in [0.29, 0.717) is 12.4 Å². The predicted octanol–water partition coefficient (Wildman–Crippen LogP) is 2.32. The van der Waals surface area contributed by atoms with Gasteiger partial charge >= 0.3 is 0 Å².